The van der Waals surface area contributed by atoms with E-state index in [1.54, 1.807) is 0 Å². The zero-order valence-corrected chi connectivity index (χ0v) is 30.8. The summed E-state index contributed by atoms with van der Waals surface area (Å²) in [5.41, 5.74) is 16.3. The minimum Gasteiger partial charge on any atom is -0.309 e. The van der Waals surface area contributed by atoms with Crippen molar-refractivity contribution in [3.05, 3.63) is 231 Å². The normalized spacial score (nSPS) is 11.2. The predicted molar refractivity (Wildman–Crippen MR) is 237 cm³/mol. The summed E-state index contributed by atoms with van der Waals surface area (Å²) in [6, 6.07) is 83.1. The molecule has 10 rings (SSSR count). The summed E-state index contributed by atoms with van der Waals surface area (Å²) in [5, 5.41) is 2.42. The van der Waals surface area contributed by atoms with E-state index in [0.29, 0.717) is 0 Å². The van der Waals surface area contributed by atoms with E-state index in [4.69, 9.17) is 0 Å². The average Bonchev–Trinajstić information content (AvgIpc) is 3.63. The van der Waals surface area contributed by atoms with Gasteiger partial charge in [-0.05, 0) is 87.5 Å². The highest BCUT2D eigenvalue weighted by atomic mass is 15.2. The Labute approximate surface area is 327 Å². The van der Waals surface area contributed by atoms with E-state index in [0.717, 1.165) is 45.0 Å². The van der Waals surface area contributed by atoms with E-state index in [1.807, 2.05) is 0 Å². The second kappa shape index (κ2) is 14.4. The Morgan fingerprint density at radius 2 is 0.786 bits per heavy atom. The number of aromatic nitrogens is 1. The van der Waals surface area contributed by atoms with Crippen molar-refractivity contribution in [2.24, 2.45) is 0 Å². The van der Waals surface area contributed by atoms with Crippen LogP contribution >= 0.6 is 0 Å². The van der Waals surface area contributed by atoms with Crippen LogP contribution in [-0.2, 0) is 0 Å². The number of nitrogens with zero attached hydrogens (tertiary/aromatic N) is 2. The van der Waals surface area contributed by atoms with Gasteiger partial charge in [-0.25, -0.2) is 0 Å². The summed E-state index contributed by atoms with van der Waals surface area (Å²) in [6.45, 7) is 0. The molecule has 0 spiro atoms. The molecule has 0 N–H and O–H groups in total. The molecule has 0 fully saturated rings. The monoisotopic (exact) mass is 714 g/mol. The van der Waals surface area contributed by atoms with Gasteiger partial charge in [0.1, 0.15) is 0 Å². The van der Waals surface area contributed by atoms with Crippen LogP contribution in [0.15, 0.2) is 231 Å². The Hall–Kier alpha value is -7.42. The zero-order valence-electron chi connectivity index (χ0n) is 30.8. The molecule has 10 aromatic rings. The number of hydrogen-bond acceptors (Lipinski definition) is 1. The van der Waals surface area contributed by atoms with E-state index in [9.17, 15) is 0 Å². The number of hydrogen-bond donors (Lipinski definition) is 0. The van der Waals surface area contributed by atoms with Crippen LogP contribution in [0.2, 0.25) is 0 Å². The van der Waals surface area contributed by atoms with Gasteiger partial charge in [0, 0.05) is 27.7 Å². The van der Waals surface area contributed by atoms with Gasteiger partial charge in [0.25, 0.3) is 0 Å². The van der Waals surface area contributed by atoms with Crippen molar-refractivity contribution in [3.8, 4) is 50.2 Å². The first-order valence-electron chi connectivity index (χ1n) is 19.2. The molecule has 0 saturated carbocycles. The molecular weight excluding hydrogens is 677 g/mol. The first-order chi connectivity index (χ1) is 27.8. The molecule has 264 valence electrons. The van der Waals surface area contributed by atoms with Crippen LogP contribution in [0, 0.1) is 0 Å². The molecule has 0 aliphatic heterocycles. The second-order valence-electron chi connectivity index (χ2n) is 14.1. The number of fused-ring (bicyclic) bond motifs is 3. The van der Waals surface area contributed by atoms with E-state index >= 15 is 0 Å². The number of para-hydroxylation sites is 3. The minimum absolute atomic E-state index is 1.09. The van der Waals surface area contributed by atoms with Crippen LogP contribution in [0.5, 0.6) is 0 Å². The van der Waals surface area contributed by atoms with Crippen LogP contribution < -0.4 is 4.90 Å². The third-order valence-corrected chi connectivity index (χ3v) is 10.8. The lowest BCUT2D eigenvalue weighted by molar-refractivity contribution is 1.18. The molecule has 0 bridgehead atoms. The summed E-state index contributed by atoms with van der Waals surface area (Å²) < 4.78 is 2.40. The molecule has 0 saturated heterocycles. The summed E-state index contributed by atoms with van der Waals surface area (Å²) in [7, 11) is 0. The van der Waals surface area contributed by atoms with Crippen molar-refractivity contribution >= 4 is 38.9 Å². The molecule has 0 radical (unpaired) electrons. The fraction of sp³-hybridized carbons (Fsp3) is 0. The third-order valence-electron chi connectivity index (χ3n) is 10.8. The quantitative estimate of drug-likeness (QED) is 0.152. The maximum atomic E-state index is 2.47. The fourth-order valence-corrected chi connectivity index (χ4v) is 8.25. The first kappa shape index (κ1) is 33.2. The van der Waals surface area contributed by atoms with Gasteiger partial charge in [-0.3, -0.25) is 0 Å². The van der Waals surface area contributed by atoms with Crippen molar-refractivity contribution in [2.45, 2.75) is 0 Å². The molecule has 0 amide bonds. The zero-order chi connectivity index (χ0) is 37.3. The number of anilines is 3. The highest BCUT2D eigenvalue weighted by molar-refractivity contribution is 6.17. The van der Waals surface area contributed by atoms with Gasteiger partial charge in [0.05, 0.1) is 22.4 Å². The lowest BCUT2D eigenvalue weighted by Crippen LogP contribution is -2.12. The SMILES string of the molecule is c1ccc(-c2ccc(-c3ccccc3N(c3cccc(-c4ccccc4-c4ccccc4)c3)c3cccc4c3c3ccccc3n4-c3ccccc3)cc2)cc1. The maximum Gasteiger partial charge on any atom is 0.0562 e. The van der Waals surface area contributed by atoms with Gasteiger partial charge in [-0.1, -0.05) is 182 Å². The van der Waals surface area contributed by atoms with Crippen molar-refractivity contribution in [1.82, 2.24) is 4.57 Å². The molecule has 2 nitrogen and oxygen atoms in total. The van der Waals surface area contributed by atoms with Gasteiger partial charge in [-0.2, -0.15) is 0 Å². The van der Waals surface area contributed by atoms with Gasteiger partial charge in [0.15, 0.2) is 0 Å². The van der Waals surface area contributed by atoms with E-state index in [-0.39, 0.29) is 0 Å². The Balaban J connectivity index is 1.22. The lowest BCUT2D eigenvalue weighted by Gasteiger charge is -2.29. The van der Waals surface area contributed by atoms with Crippen LogP contribution in [0.3, 0.4) is 0 Å². The lowest BCUT2D eigenvalue weighted by atomic mass is 9.94. The van der Waals surface area contributed by atoms with Crippen LogP contribution in [0.1, 0.15) is 0 Å². The summed E-state index contributed by atoms with van der Waals surface area (Å²) in [5.74, 6) is 0. The molecule has 1 heterocycles. The molecule has 0 atom stereocenters. The minimum atomic E-state index is 1.09. The summed E-state index contributed by atoms with van der Waals surface area (Å²) >= 11 is 0. The molecule has 0 unspecified atom stereocenters. The van der Waals surface area contributed by atoms with Gasteiger partial charge in [0.2, 0.25) is 0 Å². The standard InChI is InChI=1S/C54H38N2/c1-4-18-39(19-5-1)40-34-36-42(37-35-40)48-28-12-14-30-50(48)56(45-25-16-22-43(38-45)47-27-11-10-26-46(47)41-20-6-2-7-21-41)53-33-17-32-52-54(53)49-29-13-15-31-51(49)55(52)44-23-8-3-9-24-44/h1-38H. The van der Waals surface area contributed by atoms with Crippen LogP contribution in [-0.4, -0.2) is 4.57 Å². The summed E-state index contributed by atoms with van der Waals surface area (Å²) in [4.78, 5) is 2.47. The van der Waals surface area contributed by atoms with E-state index < -0.39 is 0 Å². The van der Waals surface area contributed by atoms with Crippen molar-refractivity contribution in [3.63, 3.8) is 0 Å². The first-order valence-corrected chi connectivity index (χ1v) is 19.2. The smallest absolute Gasteiger partial charge is 0.0562 e. The van der Waals surface area contributed by atoms with Crippen LogP contribution in [0.4, 0.5) is 17.1 Å². The molecule has 2 heteroatoms. The number of rotatable bonds is 8. The van der Waals surface area contributed by atoms with E-state index in [2.05, 4.69) is 240 Å². The number of benzene rings is 9. The molecule has 9 aromatic carbocycles. The summed E-state index contributed by atoms with van der Waals surface area (Å²) in [6.07, 6.45) is 0. The Bertz CT molecular complexity index is 2940. The molecule has 56 heavy (non-hydrogen) atoms. The fourth-order valence-electron chi connectivity index (χ4n) is 8.25. The van der Waals surface area contributed by atoms with Gasteiger partial charge in [-0.15, -0.1) is 0 Å². The highest BCUT2D eigenvalue weighted by Gasteiger charge is 2.23. The van der Waals surface area contributed by atoms with Crippen molar-refractivity contribution < 1.29 is 0 Å². The molecule has 0 aliphatic rings. The Morgan fingerprint density at radius 3 is 1.54 bits per heavy atom. The predicted octanol–water partition coefficient (Wildman–Crippen LogP) is 14.9. The van der Waals surface area contributed by atoms with Crippen molar-refractivity contribution in [1.29, 1.82) is 0 Å². The largest absolute Gasteiger partial charge is 0.309 e. The van der Waals surface area contributed by atoms with Gasteiger partial charge < -0.3 is 9.47 Å². The molecule has 0 aliphatic carbocycles. The van der Waals surface area contributed by atoms with Gasteiger partial charge >= 0.3 is 0 Å². The van der Waals surface area contributed by atoms with Crippen LogP contribution in [0.25, 0.3) is 72.0 Å². The average molecular weight is 715 g/mol. The van der Waals surface area contributed by atoms with E-state index in [1.165, 1.54) is 44.1 Å². The topological polar surface area (TPSA) is 8.17 Å². The second-order valence-corrected chi connectivity index (χ2v) is 14.1. The molecular formula is C54H38N2. The maximum absolute atomic E-state index is 2.47. The highest BCUT2D eigenvalue weighted by Crippen LogP contribution is 2.47. The molecule has 1 aromatic heterocycles. The Morgan fingerprint density at radius 1 is 0.304 bits per heavy atom. The Kier molecular flexibility index (Phi) is 8.55. The third kappa shape index (κ3) is 5.95. The van der Waals surface area contributed by atoms with Crippen molar-refractivity contribution in [2.75, 3.05) is 4.90 Å².